The zero-order valence-electron chi connectivity index (χ0n) is 15.1. The minimum atomic E-state index is -3.93. The van der Waals surface area contributed by atoms with Crippen molar-refractivity contribution in [2.75, 3.05) is 11.9 Å². The average molecular weight is 495 g/mol. The summed E-state index contributed by atoms with van der Waals surface area (Å²) in [6.45, 7) is -0.335. The highest BCUT2D eigenvalue weighted by atomic mass is 79.9. The van der Waals surface area contributed by atoms with Crippen LogP contribution in [0.25, 0.3) is 0 Å². The van der Waals surface area contributed by atoms with Crippen LogP contribution in [0, 0.1) is 0 Å². The average Bonchev–Trinajstić information content (AvgIpc) is 2.71. The van der Waals surface area contributed by atoms with Crippen LogP contribution >= 0.6 is 27.5 Å². The molecule has 0 radical (unpaired) electrons. The Bertz CT molecular complexity index is 1080. The van der Waals surface area contributed by atoms with Crippen molar-refractivity contribution in [2.24, 2.45) is 0 Å². The Morgan fingerprint density at radius 1 is 1.07 bits per heavy atom. The van der Waals surface area contributed by atoms with Gasteiger partial charge in [-0.3, -0.25) is 9.78 Å². The van der Waals surface area contributed by atoms with E-state index >= 15 is 0 Å². The lowest BCUT2D eigenvalue weighted by Gasteiger charge is -2.22. The second-order valence-corrected chi connectivity index (χ2v) is 9.43. The van der Waals surface area contributed by atoms with E-state index in [1.165, 1.54) is 24.5 Å². The number of hydrogen-bond acceptors (Lipinski definition) is 4. The van der Waals surface area contributed by atoms with Crippen LogP contribution in [0.5, 0.6) is 0 Å². The van der Waals surface area contributed by atoms with Crippen molar-refractivity contribution in [1.29, 1.82) is 0 Å². The van der Waals surface area contributed by atoms with E-state index < -0.39 is 15.9 Å². The number of nitrogens with zero attached hydrogens (tertiary/aromatic N) is 2. The number of benzene rings is 2. The molecular weight excluding hydrogens is 478 g/mol. The third kappa shape index (κ3) is 5.86. The highest BCUT2D eigenvalue weighted by Crippen LogP contribution is 2.20. The highest BCUT2D eigenvalue weighted by molar-refractivity contribution is 9.10. The van der Waals surface area contributed by atoms with Gasteiger partial charge in [0.05, 0.1) is 6.54 Å². The maximum absolute atomic E-state index is 13.1. The van der Waals surface area contributed by atoms with Crippen molar-refractivity contribution >= 4 is 49.1 Å². The van der Waals surface area contributed by atoms with E-state index in [1.54, 1.807) is 48.5 Å². The fourth-order valence-corrected chi connectivity index (χ4v) is 4.30. The van der Waals surface area contributed by atoms with Gasteiger partial charge in [-0.2, -0.15) is 4.31 Å². The maximum Gasteiger partial charge on any atom is 0.245 e. The van der Waals surface area contributed by atoms with Gasteiger partial charge < -0.3 is 5.32 Å². The fraction of sp³-hybridized carbons (Fsp3) is 0.100. The van der Waals surface area contributed by atoms with Gasteiger partial charge in [-0.25, -0.2) is 8.42 Å². The number of aromatic nitrogens is 1. The van der Waals surface area contributed by atoms with E-state index in [4.69, 9.17) is 11.6 Å². The Morgan fingerprint density at radius 3 is 2.38 bits per heavy atom. The molecule has 0 aliphatic heterocycles. The molecule has 0 aliphatic rings. The van der Waals surface area contributed by atoms with Gasteiger partial charge in [0, 0.05) is 34.1 Å². The maximum atomic E-state index is 13.1. The number of rotatable bonds is 7. The minimum absolute atomic E-state index is 0.0160. The number of nitrogens with one attached hydrogen (secondary N) is 1. The van der Waals surface area contributed by atoms with Crippen LogP contribution in [-0.2, 0) is 21.4 Å². The van der Waals surface area contributed by atoms with Gasteiger partial charge in [-0.15, -0.1) is 0 Å². The third-order valence-electron chi connectivity index (χ3n) is 3.99. The molecular formula is C20H17BrClN3O3S. The van der Waals surface area contributed by atoms with Crippen LogP contribution in [0.15, 0.2) is 82.4 Å². The van der Waals surface area contributed by atoms with E-state index in [1.807, 2.05) is 0 Å². The summed E-state index contributed by atoms with van der Waals surface area (Å²) in [5.41, 5.74) is 1.28. The predicted molar refractivity (Wildman–Crippen MR) is 116 cm³/mol. The first kappa shape index (κ1) is 21.4. The summed E-state index contributed by atoms with van der Waals surface area (Å²) < 4.78 is 28.2. The third-order valence-corrected chi connectivity index (χ3v) is 6.55. The molecule has 150 valence electrons. The zero-order valence-corrected chi connectivity index (χ0v) is 18.3. The Kier molecular flexibility index (Phi) is 7.02. The molecule has 1 aromatic heterocycles. The summed E-state index contributed by atoms with van der Waals surface area (Å²) in [4.78, 5) is 16.5. The number of carbonyl (C=O) groups excluding carboxylic acids is 1. The lowest BCUT2D eigenvalue weighted by Crippen LogP contribution is -2.37. The summed E-state index contributed by atoms with van der Waals surface area (Å²) in [6.07, 6.45) is 2.75. The Hall–Kier alpha value is -2.26. The normalized spacial score (nSPS) is 11.4. The first-order valence-electron chi connectivity index (χ1n) is 8.54. The van der Waals surface area contributed by atoms with E-state index in [0.29, 0.717) is 16.3 Å². The van der Waals surface area contributed by atoms with Crippen molar-refractivity contribution in [3.05, 3.63) is 88.1 Å². The Labute approximate surface area is 182 Å². The molecule has 29 heavy (non-hydrogen) atoms. The second-order valence-electron chi connectivity index (χ2n) is 6.14. The first-order valence-corrected chi connectivity index (χ1v) is 11.2. The summed E-state index contributed by atoms with van der Waals surface area (Å²) >= 11 is 9.24. The number of sulfonamides is 1. The van der Waals surface area contributed by atoms with Gasteiger partial charge in [-0.05, 0) is 54.1 Å². The van der Waals surface area contributed by atoms with Crippen LogP contribution in [0.3, 0.4) is 0 Å². The molecule has 9 heteroatoms. The van der Waals surface area contributed by atoms with Gasteiger partial charge in [0.25, 0.3) is 0 Å². The monoisotopic (exact) mass is 493 g/mol. The SMILES string of the molecule is O=C(CN(Cc1ccc(Cl)cc1)S(=O)(=O)c1cccnc1)Nc1ccc(Br)cc1. The van der Waals surface area contributed by atoms with Gasteiger partial charge in [0.2, 0.25) is 15.9 Å². The van der Waals surface area contributed by atoms with Gasteiger partial charge in [0.1, 0.15) is 4.90 Å². The summed E-state index contributed by atoms with van der Waals surface area (Å²) in [5, 5.41) is 3.26. The van der Waals surface area contributed by atoms with E-state index in [2.05, 4.69) is 26.2 Å². The standard InChI is InChI=1S/C20H17BrClN3O3S/c21-16-5-9-18(10-6-16)24-20(26)14-25(13-15-3-7-17(22)8-4-15)29(27,28)19-2-1-11-23-12-19/h1-12H,13-14H2,(H,24,26). The molecule has 6 nitrogen and oxygen atoms in total. The van der Waals surface area contributed by atoms with Crippen molar-refractivity contribution in [2.45, 2.75) is 11.4 Å². The number of carbonyl (C=O) groups is 1. The van der Waals surface area contributed by atoms with E-state index in [9.17, 15) is 13.2 Å². The molecule has 0 atom stereocenters. The molecule has 1 N–H and O–H groups in total. The molecule has 3 rings (SSSR count). The molecule has 0 saturated heterocycles. The van der Waals surface area contributed by atoms with Crippen molar-refractivity contribution < 1.29 is 13.2 Å². The molecule has 1 amide bonds. The van der Waals surface area contributed by atoms with Crippen LogP contribution < -0.4 is 5.32 Å². The molecule has 0 fully saturated rings. The smallest absolute Gasteiger partial charge is 0.245 e. The molecule has 2 aromatic carbocycles. The molecule has 0 aliphatic carbocycles. The molecule has 0 saturated carbocycles. The largest absolute Gasteiger partial charge is 0.325 e. The van der Waals surface area contributed by atoms with Gasteiger partial charge in [-0.1, -0.05) is 39.7 Å². The molecule has 0 spiro atoms. The molecule has 3 aromatic rings. The lowest BCUT2D eigenvalue weighted by molar-refractivity contribution is -0.116. The summed E-state index contributed by atoms with van der Waals surface area (Å²) in [5.74, 6) is -0.450. The quantitative estimate of drug-likeness (QED) is 0.530. The van der Waals surface area contributed by atoms with E-state index in [0.717, 1.165) is 8.78 Å². The number of hydrogen-bond donors (Lipinski definition) is 1. The molecule has 1 heterocycles. The van der Waals surface area contributed by atoms with E-state index in [-0.39, 0.29) is 18.0 Å². The number of anilines is 1. The van der Waals surface area contributed by atoms with Gasteiger partial charge >= 0.3 is 0 Å². The van der Waals surface area contributed by atoms with Crippen LogP contribution in [0.4, 0.5) is 5.69 Å². The number of amides is 1. The van der Waals surface area contributed by atoms with Crippen LogP contribution in [-0.4, -0.2) is 30.2 Å². The van der Waals surface area contributed by atoms with Crippen molar-refractivity contribution in [3.63, 3.8) is 0 Å². The van der Waals surface area contributed by atoms with Gasteiger partial charge in [0.15, 0.2) is 0 Å². The van der Waals surface area contributed by atoms with Crippen LogP contribution in [0.1, 0.15) is 5.56 Å². The summed E-state index contributed by atoms with van der Waals surface area (Å²) in [6, 6.07) is 16.8. The molecule has 0 unspecified atom stereocenters. The summed E-state index contributed by atoms with van der Waals surface area (Å²) in [7, 11) is -3.93. The Morgan fingerprint density at radius 2 is 1.76 bits per heavy atom. The first-order chi connectivity index (χ1) is 13.8. The topological polar surface area (TPSA) is 79.4 Å². The number of pyridine rings is 1. The fourth-order valence-electron chi connectivity index (χ4n) is 2.56. The Balaban J connectivity index is 1.84. The molecule has 0 bridgehead atoms. The highest BCUT2D eigenvalue weighted by Gasteiger charge is 2.27. The lowest BCUT2D eigenvalue weighted by atomic mass is 10.2. The number of halogens is 2. The minimum Gasteiger partial charge on any atom is -0.325 e. The van der Waals surface area contributed by atoms with Crippen LogP contribution in [0.2, 0.25) is 5.02 Å². The van der Waals surface area contributed by atoms with Crippen molar-refractivity contribution in [3.8, 4) is 0 Å². The van der Waals surface area contributed by atoms with Crippen molar-refractivity contribution in [1.82, 2.24) is 9.29 Å². The predicted octanol–water partition coefficient (Wildman–Crippen LogP) is 4.33. The zero-order chi connectivity index (χ0) is 20.9. The second kappa shape index (κ2) is 9.49.